The fourth-order valence-electron chi connectivity index (χ4n) is 2.39. The van der Waals surface area contributed by atoms with Crippen LogP contribution >= 0.6 is 0 Å². The molecule has 0 saturated heterocycles. The van der Waals surface area contributed by atoms with Gasteiger partial charge in [0.2, 0.25) is 0 Å². The van der Waals surface area contributed by atoms with Crippen LogP contribution in [0, 0.1) is 0 Å². The van der Waals surface area contributed by atoms with Crippen molar-refractivity contribution in [3.05, 3.63) is 55.9 Å². The number of aromatic nitrogens is 4. The van der Waals surface area contributed by atoms with E-state index >= 15 is 0 Å². The summed E-state index contributed by atoms with van der Waals surface area (Å²) in [5, 5.41) is 15.2. The lowest BCUT2D eigenvalue weighted by molar-refractivity contribution is 0.0927. The van der Waals surface area contributed by atoms with Crippen LogP contribution in [0.1, 0.15) is 28.2 Å². The largest absolute Gasteiger partial charge is 0.348 e. The van der Waals surface area contributed by atoms with Crippen LogP contribution in [0.5, 0.6) is 0 Å². The van der Waals surface area contributed by atoms with Crippen LogP contribution < -0.4 is 16.4 Å². The summed E-state index contributed by atoms with van der Waals surface area (Å²) in [4.78, 5) is 34.2. The smallest absolute Gasteiger partial charge is 0.271 e. The van der Waals surface area contributed by atoms with Gasteiger partial charge in [-0.15, -0.1) is 0 Å². The van der Waals surface area contributed by atoms with Crippen molar-refractivity contribution in [2.24, 2.45) is 0 Å². The Bertz CT molecular complexity index is 774. The standard InChI is InChI=1S/C13H13N5O3/c19-11-4-3-10(16-17-11)13(21)14-8-1-2-9-7(5-8)6-12(20)18-15-9/h3-4,6,8H,1-2,5H2,(H,14,21)(H,17,19)(H,18,20). The Hall–Kier alpha value is -2.77. The average Bonchev–Trinajstić information content (AvgIpc) is 2.47. The summed E-state index contributed by atoms with van der Waals surface area (Å²) in [7, 11) is 0. The Balaban J connectivity index is 1.72. The lowest BCUT2D eigenvalue weighted by Gasteiger charge is -2.24. The van der Waals surface area contributed by atoms with Gasteiger partial charge < -0.3 is 5.32 Å². The maximum Gasteiger partial charge on any atom is 0.271 e. The van der Waals surface area contributed by atoms with Gasteiger partial charge in [0, 0.05) is 18.2 Å². The number of aromatic amines is 2. The molecule has 0 spiro atoms. The van der Waals surface area contributed by atoms with E-state index < -0.39 is 0 Å². The highest BCUT2D eigenvalue weighted by Crippen LogP contribution is 2.17. The monoisotopic (exact) mass is 287 g/mol. The van der Waals surface area contributed by atoms with Gasteiger partial charge in [-0.2, -0.15) is 10.2 Å². The Morgan fingerprint density at radius 1 is 1.19 bits per heavy atom. The van der Waals surface area contributed by atoms with E-state index in [1.54, 1.807) is 0 Å². The van der Waals surface area contributed by atoms with Crippen molar-refractivity contribution in [1.82, 2.24) is 25.7 Å². The second kappa shape index (κ2) is 5.31. The molecule has 0 saturated carbocycles. The van der Waals surface area contributed by atoms with Crippen LogP contribution in [0.2, 0.25) is 0 Å². The maximum atomic E-state index is 12.0. The number of hydrogen-bond acceptors (Lipinski definition) is 5. The van der Waals surface area contributed by atoms with E-state index in [9.17, 15) is 14.4 Å². The van der Waals surface area contributed by atoms with Gasteiger partial charge in [0.1, 0.15) is 5.69 Å². The lowest BCUT2D eigenvalue weighted by atomic mass is 9.92. The second-order valence-electron chi connectivity index (χ2n) is 4.92. The van der Waals surface area contributed by atoms with Crippen LogP contribution in [-0.2, 0) is 12.8 Å². The molecule has 108 valence electrons. The van der Waals surface area contributed by atoms with Crippen LogP contribution in [-0.4, -0.2) is 32.3 Å². The summed E-state index contributed by atoms with van der Waals surface area (Å²) in [6.45, 7) is 0. The number of amides is 1. The molecule has 3 rings (SSSR count). The third-order valence-corrected chi connectivity index (χ3v) is 3.42. The van der Waals surface area contributed by atoms with Crippen molar-refractivity contribution in [3.8, 4) is 0 Å². The average molecular weight is 287 g/mol. The third kappa shape index (κ3) is 2.88. The predicted molar refractivity (Wildman–Crippen MR) is 73.0 cm³/mol. The molecule has 2 aromatic heterocycles. The molecule has 3 N–H and O–H groups in total. The molecule has 1 aliphatic rings. The van der Waals surface area contributed by atoms with Crippen LogP contribution in [0.15, 0.2) is 27.8 Å². The van der Waals surface area contributed by atoms with Crippen LogP contribution in [0.4, 0.5) is 0 Å². The zero-order valence-electron chi connectivity index (χ0n) is 11.0. The van der Waals surface area contributed by atoms with E-state index in [1.165, 1.54) is 18.2 Å². The van der Waals surface area contributed by atoms with Gasteiger partial charge in [-0.05, 0) is 30.9 Å². The molecule has 0 aromatic carbocycles. The van der Waals surface area contributed by atoms with E-state index in [-0.39, 0.29) is 28.8 Å². The lowest BCUT2D eigenvalue weighted by Crippen LogP contribution is -2.40. The number of carbonyl (C=O) groups is 1. The van der Waals surface area contributed by atoms with E-state index in [0.717, 1.165) is 17.7 Å². The Morgan fingerprint density at radius 2 is 2.00 bits per heavy atom. The van der Waals surface area contributed by atoms with Gasteiger partial charge >= 0.3 is 0 Å². The van der Waals surface area contributed by atoms with Crippen molar-refractivity contribution in [2.45, 2.75) is 25.3 Å². The van der Waals surface area contributed by atoms with Gasteiger partial charge in [0.05, 0.1) is 5.69 Å². The number of carbonyl (C=O) groups excluding carboxylic acids is 1. The summed E-state index contributed by atoms with van der Waals surface area (Å²) in [5.74, 6) is -0.350. The molecule has 0 aliphatic heterocycles. The molecule has 1 unspecified atom stereocenters. The van der Waals surface area contributed by atoms with E-state index in [1.807, 2.05) is 0 Å². The molecular weight excluding hydrogens is 274 g/mol. The highest BCUT2D eigenvalue weighted by Gasteiger charge is 2.22. The molecule has 0 fully saturated rings. The zero-order valence-corrected chi connectivity index (χ0v) is 11.0. The Labute approximate surface area is 118 Å². The predicted octanol–water partition coefficient (Wildman–Crippen LogP) is -0.860. The van der Waals surface area contributed by atoms with E-state index in [0.29, 0.717) is 12.8 Å². The third-order valence-electron chi connectivity index (χ3n) is 3.42. The van der Waals surface area contributed by atoms with Crippen LogP contribution in [0.25, 0.3) is 0 Å². The number of nitrogens with zero attached hydrogens (tertiary/aromatic N) is 2. The van der Waals surface area contributed by atoms with Gasteiger partial charge in [0.25, 0.3) is 17.0 Å². The van der Waals surface area contributed by atoms with Crippen LogP contribution in [0.3, 0.4) is 0 Å². The van der Waals surface area contributed by atoms with Crippen molar-refractivity contribution < 1.29 is 4.79 Å². The first-order valence-corrected chi connectivity index (χ1v) is 6.56. The van der Waals surface area contributed by atoms with Gasteiger partial charge in [-0.25, -0.2) is 10.2 Å². The molecule has 1 aliphatic carbocycles. The van der Waals surface area contributed by atoms with Gasteiger partial charge in [0.15, 0.2) is 0 Å². The number of aryl methyl sites for hydroxylation is 1. The van der Waals surface area contributed by atoms with Crippen molar-refractivity contribution in [3.63, 3.8) is 0 Å². The number of H-pyrrole nitrogens is 2. The van der Waals surface area contributed by atoms with E-state index in [2.05, 4.69) is 25.7 Å². The molecule has 21 heavy (non-hydrogen) atoms. The van der Waals surface area contributed by atoms with E-state index in [4.69, 9.17) is 0 Å². The van der Waals surface area contributed by atoms with Crippen molar-refractivity contribution >= 4 is 5.91 Å². The second-order valence-corrected chi connectivity index (χ2v) is 4.92. The quantitative estimate of drug-likeness (QED) is 0.663. The Kier molecular flexibility index (Phi) is 3.35. The summed E-state index contributed by atoms with van der Waals surface area (Å²) in [6, 6.07) is 4.06. The SMILES string of the molecule is O=C(NC1CCc2n[nH]c(=O)cc2C1)c1ccc(=O)[nH]n1. The molecule has 8 heteroatoms. The summed E-state index contributed by atoms with van der Waals surface area (Å²) >= 11 is 0. The van der Waals surface area contributed by atoms with Gasteiger partial charge in [-0.1, -0.05) is 0 Å². The molecule has 2 heterocycles. The fraction of sp³-hybridized carbons (Fsp3) is 0.308. The van der Waals surface area contributed by atoms with Crippen molar-refractivity contribution in [2.75, 3.05) is 0 Å². The molecule has 1 amide bonds. The molecular formula is C13H13N5O3. The maximum absolute atomic E-state index is 12.0. The molecule has 8 nitrogen and oxygen atoms in total. The number of nitrogens with one attached hydrogen (secondary N) is 3. The van der Waals surface area contributed by atoms with Gasteiger partial charge in [-0.3, -0.25) is 14.4 Å². The molecule has 1 atom stereocenters. The van der Waals surface area contributed by atoms with Crippen molar-refractivity contribution in [1.29, 1.82) is 0 Å². The normalized spacial score (nSPS) is 17.0. The summed E-state index contributed by atoms with van der Waals surface area (Å²) in [5.41, 5.74) is 1.27. The fourth-order valence-corrected chi connectivity index (χ4v) is 2.39. The minimum Gasteiger partial charge on any atom is -0.348 e. The summed E-state index contributed by atoms with van der Waals surface area (Å²) < 4.78 is 0. The number of rotatable bonds is 2. The first kappa shape index (κ1) is 13.2. The number of fused-ring (bicyclic) bond motifs is 1. The summed E-state index contributed by atoms with van der Waals surface area (Å²) in [6.07, 6.45) is 1.98. The molecule has 2 aromatic rings. The highest BCUT2D eigenvalue weighted by molar-refractivity contribution is 5.92. The minimum absolute atomic E-state index is 0.0812. The highest BCUT2D eigenvalue weighted by atomic mass is 16.2. The zero-order chi connectivity index (χ0) is 14.8. The first-order valence-electron chi connectivity index (χ1n) is 6.56. The first-order chi connectivity index (χ1) is 10.1. The molecule has 0 bridgehead atoms. The molecule has 0 radical (unpaired) electrons. The minimum atomic E-state index is -0.358. The Morgan fingerprint density at radius 3 is 2.76 bits per heavy atom. The topological polar surface area (TPSA) is 121 Å². The number of hydrogen-bond donors (Lipinski definition) is 3.